The summed E-state index contributed by atoms with van der Waals surface area (Å²) in [4.78, 5) is 31.8. The third kappa shape index (κ3) is 5.92. The lowest BCUT2D eigenvalue weighted by atomic mass is 10.1. The molecule has 140 valence electrons. The maximum Gasteiger partial charge on any atom is 0.251 e. The average molecular weight is 392 g/mol. The van der Waals surface area contributed by atoms with Gasteiger partial charge in [-0.1, -0.05) is 50.7 Å². The molecule has 26 heavy (non-hydrogen) atoms. The Morgan fingerprint density at radius 3 is 2.73 bits per heavy atom. The van der Waals surface area contributed by atoms with Crippen molar-refractivity contribution < 1.29 is 4.79 Å². The molecular weight excluding hydrogens is 366 g/mol. The third-order valence-electron chi connectivity index (χ3n) is 3.80. The van der Waals surface area contributed by atoms with Gasteiger partial charge in [0.15, 0.2) is 5.16 Å². The van der Waals surface area contributed by atoms with Crippen LogP contribution in [-0.2, 0) is 17.0 Å². The summed E-state index contributed by atoms with van der Waals surface area (Å²) in [7, 11) is 0. The fourth-order valence-corrected chi connectivity index (χ4v) is 3.93. The zero-order valence-corrected chi connectivity index (χ0v) is 17.0. The third-order valence-corrected chi connectivity index (χ3v) is 5.96. The van der Waals surface area contributed by atoms with E-state index in [9.17, 15) is 9.59 Å². The molecule has 0 aliphatic carbocycles. The van der Waals surface area contributed by atoms with Gasteiger partial charge in [0.2, 0.25) is 5.91 Å². The van der Waals surface area contributed by atoms with E-state index in [0.29, 0.717) is 17.3 Å². The molecule has 0 spiro atoms. The van der Waals surface area contributed by atoms with Crippen molar-refractivity contribution in [1.29, 1.82) is 0 Å². The fourth-order valence-electron chi connectivity index (χ4n) is 2.44. The molecule has 1 atom stereocenters. The molecule has 0 bridgehead atoms. The largest absolute Gasteiger partial charge is 0.325 e. The Balaban J connectivity index is 2.12. The summed E-state index contributed by atoms with van der Waals surface area (Å²) < 4.78 is 0. The van der Waals surface area contributed by atoms with Gasteiger partial charge in [-0.05, 0) is 30.2 Å². The van der Waals surface area contributed by atoms with Gasteiger partial charge in [-0.2, -0.15) is 11.8 Å². The van der Waals surface area contributed by atoms with E-state index in [4.69, 9.17) is 0 Å². The van der Waals surface area contributed by atoms with Gasteiger partial charge < -0.3 is 10.3 Å². The summed E-state index contributed by atoms with van der Waals surface area (Å²) in [5.74, 6) is 1.59. The maximum atomic E-state index is 12.7. The van der Waals surface area contributed by atoms with Gasteiger partial charge in [-0.3, -0.25) is 9.59 Å². The van der Waals surface area contributed by atoms with E-state index in [1.54, 1.807) is 11.8 Å². The molecule has 5 nitrogen and oxygen atoms in total. The summed E-state index contributed by atoms with van der Waals surface area (Å²) in [6.45, 7) is 6.09. The zero-order chi connectivity index (χ0) is 18.9. The highest BCUT2D eigenvalue weighted by atomic mass is 32.2. The number of aryl methyl sites for hydroxylation is 1. The van der Waals surface area contributed by atoms with Crippen LogP contribution in [0.25, 0.3) is 0 Å². The minimum Gasteiger partial charge on any atom is -0.325 e. The summed E-state index contributed by atoms with van der Waals surface area (Å²) in [6, 6.07) is 9.32. The lowest BCUT2D eigenvalue weighted by molar-refractivity contribution is -0.115. The van der Waals surface area contributed by atoms with E-state index in [2.05, 4.69) is 29.1 Å². The van der Waals surface area contributed by atoms with Gasteiger partial charge >= 0.3 is 0 Å². The predicted octanol–water partition coefficient (Wildman–Crippen LogP) is 4.09. The number of nitrogens with zero attached hydrogens (tertiary/aromatic N) is 1. The minimum atomic E-state index is -0.322. The summed E-state index contributed by atoms with van der Waals surface area (Å²) in [5.41, 5.74) is 2.51. The van der Waals surface area contributed by atoms with Crippen LogP contribution in [0.3, 0.4) is 0 Å². The van der Waals surface area contributed by atoms with Crippen molar-refractivity contribution in [1.82, 2.24) is 9.97 Å². The number of thioether (sulfide) groups is 2. The van der Waals surface area contributed by atoms with Crippen LogP contribution in [0.15, 0.2) is 40.3 Å². The first-order valence-corrected chi connectivity index (χ1v) is 10.8. The number of benzene rings is 1. The quantitative estimate of drug-likeness (QED) is 0.497. The van der Waals surface area contributed by atoms with Crippen molar-refractivity contribution in [3.63, 3.8) is 0 Å². The lowest BCUT2D eigenvalue weighted by Gasteiger charge is -2.16. The van der Waals surface area contributed by atoms with Crippen LogP contribution in [0.1, 0.15) is 38.4 Å². The normalized spacial score (nSPS) is 12.0. The van der Waals surface area contributed by atoms with Crippen molar-refractivity contribution >= 4 is 35.1 Å². The van der Waals surface area contributed by atoms with Crippen molar-refractivity contribution in [2.75, 3.05) is 11.1 Å². The minimum absolute atomic E-state index is 0.0746. The number of hydrogen-bond acceptors (Lipinski definition) is 5. The van der Waals surface area contributed by atoms with Gasteiger partial charge in [0.1, 0.15) is 0 Å². The molecule has 2 aromatic rings. The second-order valence-electron chi connectivity index (χ2n) is 5.69. The highest BCUT2D eigenvalue weighted by Gasteiger charge is 2.20. The average Bonchev–Trinajstić information content (AvgIpc) is 2.64. The molecule has 2 rings (SSSR count). The van der Waals surface area contributed by atoms with Crippen LogP contribution in [0.5, 0.6) is 0 Å². The summed E-state index contributed by atoms with van der Waals surface area (Å²) in [6.07, 6.45) is 1.49. The Morgan fingerprint density at radius 2 is 2.04 bits per heavy atom. The van der Waals surface area contributed by atoms with E-state index >= 15 is 0 Å². The first-order valence-electron chi connectivity index (χ1n) is 8.80. The van der Waals surface area contributed by atoms with E-state index in [1.165, 1.54) is 17.8 Å². The number of nitrogens with one attached hydrogen (secondary N) is 2. The van der Waals surface area contributed by atoms with Gasteiger partial charge in [-0.15, -0.1) is 0 Å². The Hall–Kier alpha value is -1.73. The van der Waals surface area contributed by atoms with Crippen molar-refractivity contribution in [2.45, 2.75) is 49.8 Å². The number of carbonyl (C=O) groups excluding carboxylic acids is 1. The SMILES string of the molecule is CCSCc1cc(=O)[nH]c(SC(CC)C(=O)Nc2ccccc2CC)n1. The number of amides is 1. The fraction of sp³-hybridized carbons (Fsp3) is 0.421. The molecule has 7 heteroatoms. The van der Waals surface area contributed by atoms with Gasteiger partial charge in [-0.25, -0.2) is 4.98 Å². The number of carbonyl (C=O) groups is 1. The number of aromatic nitrogens is 2. The Morgan fingerprint density at radius 1 is 1.27 bits per heavy atom. The van der Waals surface area contributed by atoms with Crippen LogP contribution in [0.4, 0.5) is 5.69 Å². The molecule has 1 heterocycles. The molecule has 0 aliphatic heterocycles. The zero-order valence-electron chi connectivity index (χ0n) is 15.4. The van der Waals surface area contributed by atoms with E-state index in [0.717, 1.165) is 29.1 Å². The van der Waals surface area contributed by atoms with Crippen LogP contribution < -0.4 is 10.9 Å². The second-order valence-corrected chi connectivity index (χ2v) is 8.16. The highest BCUT2D eigenvalue weighted by molar-refractivity contribution is 8.00. The summed E-state index contributed by atoms with van der Waals surface area (Å²) in [5, 5.41) is 3.19. The molecule has 0 saturated carbocycles. The molecule has 1 aromatic heterocycles. The molecule has 1 unspecified atom stereocenters. The van der Waals surface area contributed by atoms with Gasteiger partial charge in [0, 0.05) is 17.5 Å². The Labute approximate surface area is 162 Å². The summed E-state index contributed by atoms with van der Waals surface area (Å²) >= 11 is 3.01. The Bertz CT molecular complexity index is 792. The first-order chi connectivity index (χ1) is 12.6. The first kappa shape index (κ1) is 20.6. The highest BCUT2D eigenvalue weighted by Crippen LogP contribution is 2.24. The monoisotopic (exact) mass is 391 g/mol. The topological polar surface area (TPSA) is 74.8 Å². The smallest absolute Gasteiger partial charge is 0.251 e. The molecule has 1 aromatic carbocycles. The van der Waals surface area contributed by atoms with Crippen LogP contribution >= 0.6 is 23.5 Å². The molecule has 2 N–H and O–H groups in total. The molecular formula is C19H25N3O2S2. The number of aromatic amines is 1. The van der Waals surface area contributed by atoms with E-state index < -0.39 is 0 Å². The van der Waals surface area contributed by atoms with Crippen molar-refractivity contribution in [3.8, 4) is 0 Å². The number of anilines is 1. The molecule has 0 radical (unpaired) electrons. The molecule has 0 saturated heterocycles. The second kappa shape index (κ2) is 10.4. The number of rotatable bonds is 9. The van der Waals surface area contributed by atoms with E-state index in [-0.39, 0.29) is 16.7 Å². The van der Waals surface area contributed by atoms with Crippen LogP contribution in [0, 0.1) is 0 Å². The predicted molar refractivity (Wildman–Crippen MR) is 111 cm³/mol. The van der Waals surface area contributed by atoms with Crippen molar-refractivity contribution in [3.05, 3.63) is 51.9 Å². The van der Waals surface area contributed by atoms with E-state index in [1.807, 2.05) is 31.2 Å². The maximum absolute atomic E-state index is 12.7. The molecule has 0 fully saturated rings. The standard InChI is InChI=1S/C19H25N3O2S2/c1-4-13-9-7-8-10-15(13)21-18(24)16(5-2)26-19-20-14(12-25-6-3)11-17(23)22-19/h7-11,16H,4-6,12H2,1-3H3,(H,21,24)(H,20,22,23). The lowest BCUT2D eigenvalue weighted by Crippen LogP contribution is -2.26. The number of hydrogen-bond donors (Lipinski definition) is 2. The van der Waals surface area contributed by atoms with Gasteiger partial charge in [0.25, 0.3) is 5.56 Å². The van der Waals surface area contributed by atoms with Crippen LogP contribution in [-0.4, -0.2) is 26.9 Å². The van der Waals surface area contributed by atoms with Crippen LogP contribution in [0.2, 0.25) is 0 Å². The number of H-pyrrole nitrogens is 1. The number of para-hydroxylation sites is 1. The van der Waals surface area contributed by atoms with Gasteiger partial charge in [0.05, 0.1) is 10.9 Å². The van der Waals surface area contributed by atoms with Crippen molar-refractivity contribution in [2.24, 2.45) is 0 Å². The molecule has 1 amide bonds. The Kier molecular flexibility index (Phi) is 8.25. The molecule has 0 aliphatic rings.